The maximum absolute atomic E-state index is 12.5. The van der Waals surface area contributed by atoms with Crippen LogP contribution in [0.4, 0.5) is 0 Å². The largest absolute Gasteiger partial charge is 1.00 e. The van der Waals surface area contributed by atoms with Gasteiger partial charge in [-0.15, -0.1) is 0 Å². The van der Waals surface area contributed by atoms with Crippen LogP contribution in [0.15, 0.2) is 36.4 Å². The smallest absolute Gasteiger partial charge is 0.289 e. The second-order valence-electron chi connectivity index (χ2n) is 5.04. The Morgan fingerprint density at radius 3 is 2.10 bits per heavy atom. The molecule has 2 aromatic carbocycles. The molecule has 1 unspecified atom stereocenters. The zero-order valence-electron chi connectivity index (χ0n) is 12.9. The summed E-state index contributed by atoms with van der Waals surface area (Å²) in [6.45, 7) is 8.15. The van der Waals surface area contributed by atoms with Crippen molar-refractivity contribution in [3.8, 4) is 0 Å². The third-order valence-corrected chi connectivity index (χ3v) is 4.63. The molecule has 1 nitrogen and oxygen atoms in total. The third kappa shape index (κ3) is 3.83. The van der Waals surface area contributed by atoms with Crippen molar-refractivity contribution in [3.05, 3.63) is 64.2 Å². The van der Waals surface area contributed by atoms with Crippen molar-refractivity contribution in [2.45, 2.75) is 27.7 Å². The number of hydrogen-bond donors (Lipinski definition) is 0. The van der Waals surface area contributed by atoms with Crippen LogP contribution in [0, 0.1) is 27.7 Å². The fraction of sp³-hybridized carbons (Fsp3) is 0.235. The summed E-state index contributed by atoms with van der Waals surface area (Å²) >= 11 is 0. The third-order valence-electron chi connectivity index (χ3n) is 3.35. The molecule has 1 atom stereocenters. The van der Waals surface area contributed by atoms with Gasteiger partial charge in [0, 0.05) is 5.56 Å². The molecule has 0 saturated carbocycles. The van der Waals surface area contributed by atoms with E-state index in [1.54, 1.807) is 0 Å². The van der Waals surface area contributed by atoms with Gasteiger partial charge in [-0.2, -0.15) is 0 Å². The predicted molar refractivity (Wildman–Crippen MR) is 84.1 cm³/mol. The van der Waals surface area contributed by atoms with Crippen molar-refractivity contribution in [2.75, 3.05) is 0 Å². The van der Waals surface area contributed by atoms with E-state index in [1.165, 1.54) is 11.1 Å². The maximum Gasteiger partial charge on any atom is 1.00 e. The molecule has 98 valence electrons. The van der Waals surface area contributed by atoms with Gasteiger partial charge in [-0.05, 0) is 58.3 Å². The normalized spacial score (nSPS) is 10.6. The van der Waals surface area contributed by atoms with Crippen LogP contribution in [-0.2, 0) is 0 Å². The molecule has 0 aliphatic rings. The van der Waals surface area contributed by atoms with Crippen molar-refractivity contribution in [1.29, 1.82) is 0 Å². The average molecular weight is 277 g/mol. The molecule has 0 aliphatic heterocycles. The summed E-state index contributed by atoms with van der Waals surface area (Å²) in [5, 5.41) is 1.16. The Labute approximate surface area is 135 Å². The second kappa shape index (κ2) is 7.23. The number of benzene rings is 2. The van der Waals surface area contributed by atoms with Crippen LogP contribution in [0.5, 0.6) is 0 Å². The summed E-state index contributed by atoms with van der Waals surface area (Å²) in [7, 11) is 0.205. The van der Waals surface area contributed by atoms with Gasteiger partial charge in [0.1, 0.15) is 0 Å². The zero-order valence-corrected chi connectivity index (χ0v) is 13.9. The minimum atomic E-state index is 0. The van der Waals surface area contributed by atoms with Gasteiger partial charge >= 0.3 is 18.9 Å². The molecular formula is C17H19LiOP+. The molecule has 20 heavy (non-hydrogen) atoms. The first-order chi connectivity index (χ1) is 8.99. The molecule has 2 rings (SSSR count). The summed E-state index contributed by atoms with van der Waals surface area (Å²) < 4.78 is 0. The van der Waals surface area contributed by atoms with Gasteiger partial charge in [-0.3, -0.25) is 4.79 Å². The zero-order chi connectivity index (χ0) is 14.0. The number of aryl methyl sites for hydroxylation is 4. The fourth-order valence-corrected chi connectivity index (χ4v) is 3.57. The molecule has 3 heteroatoms. The Hall–Kier alpha value is -0.863. The molecule has 0 aliphatic carbocycles. The summed E-state index contributed by atoms with van der Waals surface area (Å²) in [6.07, 6.45) is 0. The summed E-state index contributed by atoms with van der Waals surface area (Å²) in [5.74, 6) is 0. The minimum absolute atomic E-state index is 0. The average Bonchev–Trinajstić information content (AvgIpc) is 2.33. The van der Waals surface area contributed by atoms with E-state index in [2.05, 4.69) is 32.0 Å². The molecular weight excluding hydrogens is 258 g/mol. The number of carbonyl (C=O) groups excluding carboxylic acids is 1. The fourth-order valence-electron chi connectivity index (χ4n) is 2.23. The van der Waals surface area contributed by atoms with Crippen LogP contribution in [0.2, 0.25) is 0 Å². The molecule has 0 spiro atoms. The van der Waals surface area contributed by atoms with E-state index in [0.717, 1.165) is 22.0 Å². The molecule has 0 aromatic heterocycles. The van der Waals surface area contributed by atoms with Gasteiger partial charge in [-0.1, -0.05) is 42.0 Å². The molecule has 0 N–H and O–H groups in total. The Kier molecular flexibility index (Phi) is 6.22. The van der Waals surface area contributed by atoms with E-state index < -0.39 is 0 Å². The first kappa shape index (κ1) is 17.2. The van der Waals surface area contributed by atoms with Gasteiger partial charge in [0.25, 0.3) is 0 Å². The Morgan fingerprint density at radius 1 is 0.900 bits per heavy atom. The van der Waals surface area contributed by atoms with E-state index in [1.807, 2.05) is 32.0 Å². The van der Waals surface area contributed by atoms with E-state index >= 15 is 0 Å². The van der Waals surface area contributed by atoms with Crippen LogP contribution in [0.1, 0.15) is 32.6 Å². The van der Waals surface area contributed by atoms with Gasteiger partial charge < -0.3 is 0 Å². The monoisotopic (exact) mass is 277 g/mol. The van der Waals surface area contributed by atoms with Gasteiger partial charge in [0.05, 0.1) is 0 Å². The van der Waals surface area contributed by atoms with Crippen molar-refractivity contribution in [3.63, 3.8) is 0 Å². The summed E-state index contributed by atoms with van der Waals surface area (Å²) in [5.41, 5.74) is 5.68. The van der Waals surface area contributed by atoms with Crippen molar-refractivity contribution >= 4 is 19.4 Å². The first-order valence-electron chi connectivity index (χ1n) is 6.44. The molecule has 0 saturated heterocycles. The SMILES string of the molecule is Cc1ccc(C)c(PC(=O)c2c(C)cccc2C)c1.[Li+]. The van der Waals surface area contributed by atoms with Crippen molar-refractivity contribution in [2.24, 2.45) is 0 Å². The second-order valence-corrected chi connectivity index (χ2v) is 6.28. The Bertz CT molecular complexity index is 615. The topological polar surface area (TPSA) is 17.1 Å². The van der Waals surface area contributed by atoms with E-state index in [-0.39, 0.29) is 33.0 Å². The van der Waals surface area contributed by atoms with Gasteiger partial charge in [0.15, 0.2) is 5.52 Å². The number of rotatable bonds is 3. The Morgan fingerprint density at radius 2 is 1.50 bits per heavy atom. The van der Waals surface area contributed by atoms with Crippen molar-refractivity contribution in [1.82, 2.24) is 0 Å². The van der Waals surface area contributed by atoms with Crippen LogP contribution < -0.4 is 24.2 Å². The molecule has 0 bridgehead atoms. The summed E-state index contributed by atoms with van der Waals surface area (Å²) in [4.78, 5) is 12.5. The quantitative estimate of drug-likeness (QED) is 0.606. The molecule has 0 radical (unpaired) electrons. The molecule has 0 fully saturated rings. The predicted octanol–water partition coefficient (Wildman–Crippen LogP) is 1.07. The van der Waals surface area contributed by atoms with E-state index in [0.29, 0.717) is 0 Å². The molecule has 0 amide bonds. The number of carbonyl (C=O) groups is 1. The maximum atomic E-state index is 12.5. The van der Waals surface area contributed by atoms with Gasteiger partial charge in [-0.25, -0.2) is 0 Å². The Balaban J connectivity index is 0.00000200. The van der Waals surface area contributed by atoms with Gasteiger partial charge in [0.2, 0.25) is 0 Å². The molecule has 2 aromatic rings. The van der Waals surface area contributed by atoms with E-state index in [9.17, 15) is 4.79 Å². The van der Waals surface area contributed by atoms with Crippen LogP contribution in [-0.4, -0.2) is 5.52 Å². The minimum Gasteiger partial charge on any atom is -0.289 e. The summed E-state index contributed by atoms with van der Waals surface area (Å²) in [6, 6.07) is 12.3. The van der Waals surface area contributed by atoms with Crippen LogP contribution in [0.3, 0.4) is 0 Å². The number of hydrogen-bond acceptors (Lipinski definition) is 1. The van der Waals surface area contributed by atoms with E-state index in [4.69, 9.17) is 0 Å². The van der Waals surface area contributed by atoms with Crippen LogP contribution in [0.25, 0.3) is 0 Å². The van der Waals surface area contributed by atoms with Crippen molar-refractivity contribution < 1.29 is 23.7 Å². The first-order valence-corrected chi connectivity index (χ1v) is 7.44. The standard InChI is InChI=1S/C17H19OP.Li/c1-11-8-9-12(2)15(10-11)19-17(18)16-13(3)6-5-7-14(16)4;/h5-10,19H,1-4H3;/q;+1. The molecule has 0 heterocycles. The van der Waals surface area contributed by atoms with Crippen LogP contribution >= 0.6 is 8.58 Å².